The van der Waals surface area contributed by atoms with E-state index < -0.39 is 0 Å². The Morgan fingerprint density at radius 2 is 2.00 bits per heavy atom. The van der Waals surface area contributed by atoms with E-state index in [1.54, 1.807) is 0 Å². The van der Waals surface area contributed by atoms with Gasteiger partial charge >= 0.3 is 0 Å². The van der Waals surface area contributed by atoms with Gasteiger partial charge in [0.1, 0.15) is 0 Å². The summed E-state index contributed by atoms with van der Waals surface area (Å²) in [6.07, 6.45) is 3.80. The second kappa shape index (κ2) is 3.08. The summed E-state index contributed by atoms with van der Waals surface area (Å²) >= 11 is 0. The first kappa shape index (κ1) is 7.51. The minimum atomic E-state index is 1.17. The summed E-state index contributed by atoms with van der Waals surface area (Å²) in [5.41, 5.74) is 3.01. The van der Waals surface area contributed by atoms with Gasteiger partial charge in [-0.3, -0.25) is 0 Å². The number of rotatable bonds is 1. The van der Waals surface area contributed by atoms with Crippen molar-refractivity contribution in [2.45, 2.75) is 24.2 Å². The van der Waals surface area contributed by atoms with E-state index in [-0.39, 0.29) is 0 Å². The maximum absolute atomic E-state index is 5.65. The molecular formula is C9H9ClS. The molecule has 0 saturated carbocycles. The van der Waals surface area contributed by atoms with Gasteiger partial charge in [0.25, 0.3) is 0 Å². The second-order valence-electron chi connectivity index (χ2n) is 2.86. The average Bonchev–Trinajstić information content (AvgIpc) is 2.50. The van der Waals surface area contributed by atoms with Crippen molar-refractivity contribution in [1.82, 2.24) is 0 Å². The Hall–Kier alpha value is -0.140. The van der Waals surface area contributed by atoms with Crippen LogP contribution in [-0.2, 0) is 12.8 Å². The first-order chi connectivity index (χ1) is 5.40. The Kier molecular flexibility index (Phi) is 2.10. The highest BCUT2D eigenvalue weighted by Gasteiger charge is 2.10. The molecule has 0 fully saturated rings. The predicted octanol–water partition coefficient (Wildman–Crippen LogP) is 3.42. The van der Waals surface area contributed by atoms with E-state index in [4.69, 9.17) is 10.7 Å². The molecule has 0 unspecified atom stereocenters. The van der Waals surface area contributed by atoms with Gasteiger partial charge in [-0.25, -0.2) is 0 Å². The van der Waals surface area contributed by atoms with Crippen LogP contribution in [0.2, 0.25) is 0 Å². The van der Waals surface area contributed by atoms with Crippen LogP contribution in [0.5, 0.6) is 0 Å². The van der Waals surface area contributed by atoms with E-state index in [0.717, 1.165) is 0 Å². The molecule has 58 valence electrons. The molecule has 1 aromatic rings. The highest BCUT2D eigenvalue weighted by molar-refractivity contribution is 8.21. The summed E-state index contributed by atoms with van der Waals surface area (Å²) < 4.78 is 0. The SMILES string of the molecule is ClSc1ccc2c(c1)CCC2. The summed E-state index contributed by atoms with van der Waals surface area (Å²) in [5, 5.41) is 0. The highest BCUT2D eigenvalue weighted by Crippen LogP contribution is 2.28. The van der Waals surface area contributed by atoms with Crippen molar-refractivity contribution < 1.29 is 0 Å². The molecule has 0 radical (unpaired) electrons. The molecule has 0 aromatic heterocycles. The van der Waals surface area contributed by atoms with Crippen LogP contribution in [0.1, 0.15) is 17.5 Å². The van der Waals surface area contributed by atoms with Crippen molar-refractivity contribution in [3.05, 3.63) is 29.3 Å². The van der Waals surface area contributed by atoms with Crippen LogP contribution in [0.3, 0.4) is 0 Å². The van der Waals surface area contributed by atoms with E-state index >= 15 is 0 Å². The molecule has 0 atom stereocenters. The molecular weight excluding hydrogens is 176 g/mol. The average molecular weight is 185 g/mol. The number of fused-ring (bicyclic) bond motifs is 1. The maximum Gasteiger partial charge on any atom is 0.0236 e. The first-order valence-electron chi connectivity index (χ1n) is 3.80. The molecule has 1 aliphatic carbocycles. The Bertz CT molecular complexity index is 270. The highest BCUT2D eigenvalue weighted by atomic mass is 35.7. The van der Waals surface area contributed by atoms with Gasteiger partial charge in [-0.05, 0) is 64.2 Å². The normalized spacial score (nSPS) is 15.0. The van der Waals surface area contributed by atoms with Gasteiger partial charge in [0.2, 0.25) is 0 Å². The van der Waals surface area contributed by atoms with Crippen molar-refractivity contribution in [3.63, 3.8) is 0 Å². The van der Waals surface area contributed by atoms with E-state index in [0.29, 0.717) is 0 Å². The Balaban J connectivity index is 2.41. The Morgan fingerprint density at radius 1 is 1.18 bits per heavy atom. The standard InChI is InChI=1S/C9H9ClS/c10-11-9-5-4-7-2-1-3-8(7)6-9/h4-6H,1-3H2. The predicted molar refractivity (Wildman–Crippen MR) is 50.2 cm³/mol. The zero-order valence-corrected chi connectivity index (χ0v) is 7.71. The summed E-state index contributed by atoms with van der Waals surface area (Å²) in [7, 11) is 6.95. The van der Waals surface area contributed by atoms with E-state index in [1.165, 1.54) is 46.3 Å². The lowest BCUT2D eigenvalue weighted by atomic mass is 10.1. The van der Waals surface area contributed by atoms with Crippen molar-refractivity contribution in [2.75, 3.05) is 0 Å². The molecule has 0 saturated heterocycles. The summed E-state index contributed by atoms with van der Waals surface area (Å²) in [5.74, 6) is 0. The number of aryl methyl sites for hydroxylation is 2. The van der Waals surface area contributed by atoms with Gasteiger partial charge in [0.15, 0.2) is 0 Å². The molecule has 0 bridgehead atoms. The van der Waals surface area contributed by atoms with Gasteiger partial charge in [-0.1, -0.05) is 6.07 Å². The van der Waals surface area contributed by atoms with Crippen molar-refractivity contribution in [3.8, 4) is 0 Å². The third-order valence-electron chi connectivity index (χ3n) is 2.16. The van der Waals surface area contributed by atoms with Gasteiger partial charge in [0, 0.05) is 4.90 Å². The summed E-state index contributed by atoms with van der Waals surface area (Å²) in [6, 6.07) is 6.51. The quantitative estimate of drug-likeness (QED) is 0.645. The van der Waals surface area contributed by atoms with E-state index in [9.17, 15) is 0 Å². The molecule has 1 aromatic carbocycles. The number of hydrogen-bond donors (Lipinski definition) is 0. The molecule has 0 aliphatic heterocycles. The lowest BCUT2D eigenvalue weighted by molar-refractivity contribution is 0.911. The fourth-order valence-corrected chi connectivity index (χ4v) is 2.19. The third kappa shape index (κ3) is 1.40. The Morgan fingerprint density at radius 3 is 2.82 bits per heavy atom. The maximum atomic E-state index is 5.65. The molecule has 0 heterocycles. The lowest BCUT2D eigenvalue weighted by Gasteiger charge is -1.99. The summed E-state index contributed by atoms with van der Waals surface area (Å²) in [6.45, 7) is 0. The van der Waals surface area contributed by atoms with Crippen LogP contribution in [0.25, 0.3) is 0 Å². The molecule has 2 rings (SSSR count). The van der Waals surface area contributed by atoms with Gasteiger partial charge in [-0.15, -0.1) is 0 Å². The molecule has 0 spiro atoms. The van der Waals surface area contributed by atoms with E-state index in [2.05, 4.69) is 18.2 Å². The monoisotopic (exact) mass is 184 g/mol. The van der Waals surface area contributed by atoms with Crippen LogP contribution in [0, 0.1) is 0 Å². The fourth-order valence-electron chi connectivity index (χ4n) is 1.60. The molecule has 0 amide bonds. The van der Waals surface area contributed by atoms with Crippen molar-refractivity contribution in [1.29, 1.82) is 0 Å². The fraction of sp³-hybridized carbons (Fsp3) is 0.333. The molecule has 1 aliphatic rings. The Labute approximate surface area is 75.5 Å². The van der Waals surface area contributed by atoms with Crippen LogP contribution < -0.4 is 0 Å². The number of hydrogen-bond acceptors (Lipinski definition) is 1. The van der Waals surface area contributed by atoms with Crippen LogP contribution in [0.4, 0.5) is 0 Å². The molecule has 0 N–H and O–H groups in total. The zero-order valence-electron chi connectivity index (χ0n) is 6.14. The molecule has 0 nitrogen and oxygen atoms in total. The largest absolute Gasteiger partial charge is 0.0576 e. The van der Waals surface area contributed by atoms with E-state index in [1.807, 2.05) is 0 Å². The van der Waals surface area contributed by atoms with Crippen molar-refractivity contribution >= 4 is 21.7 Å². The topological polar surface area (TPSA) is 0 Å². The van der Waals surface area contributed by atoms with Crippen LogP contribution >= 0.6 is 21.7 Å². The zero-order chi connectivity index (χ0) is 7.68. The smallest absolute Gasteiger partial charge is 0.0236 e. The third-order valence-corrected chi connectivity index (χ3v) is 3.13. The van der Waals surface area contributed by atoms with Gasteiger partial charge < -0.3 is 0 Å². The van der Waals surface area contributed by atoms with Crippen LogP contribution in [-0.4, -0.2) is 0 Å². The number of halogens is 1. The lowest BCUT2D eigenvalue weighted by Crippen LogP contribution is -1.80. The minimum Gasteiger partial charge on any atom is -0.0576 e. The van der Waals surface area contributed by atoms with Crippen molar-refractivity contribution in [2.24, 2.45) is 0 Å². The van der Waals surface area contributed by atoms with Crippen LogP contribution in [0.15, 0.2) is 23.1 Å². The van der Waals surface area contributed by atoms with Gasteiger partial charge in [-0.2, -0.15) is 0 Å². The van der Waals surface area contributed by atoms with Gasteiger partial charge in [0.05, 0.1) is 0 Å². The summed E-state index contributed by atoms with van der Waals surface area (Å²) in [4.78, 5) is 1.17. The first-order valence-corrected chi connectivity index (χ1v) is 5.45. The second-order valence-corrected chi connectivity index (χ2v) is 3.95. The molecule has 2 heteroatoms. The number of benzene rings is 1. The minimum absolute atomic E-state index is 1.17. The molecule has 11 heavy (non-hydrogen) atoms.